The Morgan fingerprint density at radius 3 is 1.80 bits per heavy atom. The molecule has 12 rings (SSSR count). The van der Waals surface area contributed by atoms with Crippen LogP contribution in [0.2, 0.25) is 0 Å². The SMILES string of the molecule is [2H]c1cc(-c2ccccc2)ccc1-c1ccc2sc3c(-c4cccc(-c5c([2H])c([2H])c6c(c5[2H])-c5c([2H])c([2H])c([2H])c([2H])c5C65c6c([2H])c([2H])c([2H])c([2H])c6-c6c([2H])c([2H])c([2H])c([2H])c65)c4)ncnc3c2c1. The van der Waals surface area contributed by atoms with Crippen LogP contribution in [0.5, 0.6) is 0 Å². The maximum absolute atomic E-state index is 10.0. The van der Waals surface area contributed by atoms with E-state index in [1.165, 1.54) is 17.7 Å². The van der Waals surface area contributed by atoms with Crippen molar-refractivity contribution in [1.82, 2.24) is 9.97 Å². The number of aromatic nitrogens is 2. The Labute approximate surface area is 351 Å². The molecule has 0 aliphatic heterocycles. The smallest absolute Gasteiger partial charge is 0.116 e. The average Bonchev–Trinajstić information content (AvgIpc) is 4.03. The molecule has 2 nitrogen and oxygen atoms in total. The monoisotopic (exact) mass is 744 g/mol. The van der Waals surface area contributed by atoms with Gasteiger partial charge in [0.05, 0.1) is 43.3 Å². The zero-order chi connectivity index (χ0) is 50.7. The molecule has 0 saturated heterocycles. The van der Waals surface area contributed by atoms with Crippen LogP contribution < -0.4 is 0 Å². The van der Waals surface area contributed by atoms with Gasteiger partial charge in [0.1, 0.15) is 6.33 Å². The highest BCUT2D eigenvalue weighted by atomic mass is 32.1. The lowest BCUT2D eigenvalue weighted by Crippen LogP contribution is -2.25. The lowest BCUT2D eigenvalue weighted by molar-refractivity contribution is 0.794. The molecule has 2 aliphatic rings. The van der Waals surface area contributed by atoms with Gasteiger partial charge in [-0.2, -0.15) is 0 Å². The molecule has 0 unspecified atom stereocenters. The summed E-state index contributed by atoms with van der Waals surface area (Å²) in [6.07, 6.45) is 1.45. The minimum Gasteiger partial charge on any atom is -0.235 e. The summed E-state index contributed by atoms with van der Waals surface area (Å²) in [5.74, 6) is 0. The van der Waals surface area contributed by atoms with Crippen molar-refractivity contribution in [3.8, 4) is 66.9 Å². The van der Waals surface area contributed by atoms with Gasteiger partial charge in [-0.1, -0.05) is 163 Å². The van der Waals surface area contributed by atoms with Gasteiger partial charge >= 0.3 is 0 Å². The van der Waals surface area contributed by atoms with Gasteiger partial charge in [-0.3, -0.25) is 0 Å². The zero-order valence-corrected chi connectivity index (χ0v) is 29.9. The van der Waals surface area contributed by atoms with E-state index in [1.54, 1.807) is 24.3 Å². The van der Waals surface area contributed by atoms with Crippen LogP contribution in [0.1, 0.15) is 44.2 Å². The third-order valence-corrected chi connectivity index (χ3v) is 11.9. The van der Waals surface area contributed by atoms with E-state index in [9.17, 15) is 9.60 Å². The third kappa shape index (κ3) is 4.43. The summed E-state index contributed by atoms with van der Waals surface area (Å²) in [6, 6.07) is 18.6. The van der Waals surface area contributed by atoms with Crippen molar-refractivity contribution in [2.24, 2.45) is 0 Å². The second kappa shape index (κ2) is 12.0. The van der Waals surface area contributed by atoms with Crippen molar-refractivity contribution in [3.05, 3.63) is 216 Å². The molecule has 10 aromatic rings. The molecule has 56 heavy (non-hydrogen) atoms. The van der Waals surface area contributed by atoms with Crippen molar-refractivity contribution in [2.75, 3.05) is 0 Å². The Kier molecular flexibility index (Phi) is 4.21. The Hall–Kier alpha value is -6.94. The molecule has 0 radical (unpaired) electrons. The third-order valence-electron chi connectivity index (χ3n) is 10.8. The van der Waals surface area contributed by atoms with Crippen molar-refractivity contribution in [1.29, 1.82) is 0 Å². The van der Waals surface area contributed by atoms with Crippen molar-refractivity contribution < 1.29 is 21.9 Å². The highest BCUT2D eigenvalue weighted by molar-refractivity contribution is 7.26. The van der Waals surface area contributed by atoms with E-state index in [0.29, 0.717) is 22.8 Å². The first-order chi connectivity index (χ1) is 34.4. The summed E-state index contributed by atoms with van der Waals surface area (Å²) in [7, 11) is 0. The first-order valence-electron chi connectivity index (χ1n) is 25.8. The van der Waals surface area contributed by atoms with E-state index >= 15 is 0 Å². The fourth-order valence-electron chi connectivity index (χ4n) is 8.30. The Morgan fingerprint density at radius 2 is 1.05 bits per heavy atom. The van der Waals surface area contributed by atoms with Gasteiger partial charge in [0, 0.05) is 15.6 Å². The highest BCUT2D eigenvalue weighted by Gasteiger charge is 2.51. The van der Waals surface area contributed by atoms with Crippen LogP contribution in [-0.4, -0.2) is 9.97 Å². The Bertz CT molecular complexity index is 4070. The van der Waals surface area contributed by atoms with Gasteiger partial charge in [-0.15, -0.1) is 11.3 Å². The van der Waals surface area contributed by atoms with Gasteiger partial charge in [-0.05, 0) is 102 Å². The Morgan fingerprint density at radius 1 is 0.446 bits per heavy atom. The van der Waals surface area contributed by atoms with Crippen LogP contribution in [-0.2, 0) is 5.41 Å². The maximum Gasteiger partial charge on any atom is 0.116 e. The minimum atomic E-state index is -2.44. The predicted octanol–water partition coefficient (Wildman–Crippen LogP) is 13.9. The zero-order valence-electron chi connectivity index (χ0n) is 45.0. The number of hydrogen-bond acceptors (Lipinski definition) is 3. The van der Waals surface area contributed by atoms with Crippen LogP contribution in [0.25, 0.3) is 87.2 Å². The van der Waals surface area contributed by atoms with Gasteiger partial charge in [0.2, 0.25) is 0 Å². The molecular formula is C53H32N2S. The molecule has 0 atom stereocenters. The molecule has 2 aromatic heterocycles. The van der Waals surface area contributed by atoms with Crippen LogP contribution in [0.4, 0.5) is 0 Å². The molecule has 0 saturated carbocycles. The predicted molar refractivity (Wildman–Crippen MR) is 233 cm³/mol. The first-order valence-corrected chi connectivity index (χ1v) is 18.6. The Balaban J connectivity index is 1.08. The van der Waals surface area contributed by atoms with Crippen LogP contribution >= 0.6 is 11.3 Å². The molecule has 2 aliphatic carbocycles. The molecule has 3 heteroatoms. The van der Waals surface area contributed by atoms with E-state index in [0.717, 1.165) is 37.0 Å². The molecule has 1 spiro atoms. The molecular weight excluding hydrogens is 697 g/mol. The van der Waals surface area contributed by atoms with Gasteiger partial charge in [-0.25, -0.2) is 9.97 Å². The molecule has 0 bridgehead atoms. The summed E-state index contributed by atoms with van der Waals surface area (Å²) in [4.78, 5) is 9.41. The second-order valence-corrected chi connectivity index (χ2v) is 14.7. The van der Waals surface area contributed by atoms with Gasteiger partial charge in [0.25, 0.3) is 0 Å². The standard InChI is InChI=1S/C53H32N2S/c1-2-11-33(12-3-1)34-21-23-35(24-22-34)37-26-28-49-44(31-37)51-52(56-49)50(54-32-55-51)39-14-10-13-36(29-39)38-25-27-48-43(30-38)42-17-6-9-20-47(42)53(48)45-18-7-4-15-40(45)41-16-5-8-19-46(41)53/h1-32H/i4D,5D,6D,7D,8D,9D,15D,16D,17D,18D,19D,20D,23D,25D,27D,30D. The van der Waals surface area contributed by atoms with E-state index < -0.39 is 96.1 Å². The summed E-state index contributed by atoms with van der Waals surface area (Å²) >= 11 is 1.47. The number of fused-ring (bicyclic) bond motifs is 13. The molecule has 0 N–H and O–H groups in total. The maximum atomic E-state index is 10.0. The van der Waals surface area contributed by atoms with Crippen LogP contribution in [0.3, 0.4) is 0 Å². The fourth-order valence-corrected chi connectivity index (χ4v) is 9.45. The van der Waals surface area contributed by atoms with Crippen molar-refractivity contribution in [2.45, 2.75) is 5.41 Å². The van der Waals surface area contributed by atoms with E-state index in [2.05, 4.69) is 0 Å². The minimum absolute atomic E-state index is 0.102. The number of nitrogens with zero attached hydrogens (tertiary/aromatic N) is 2. The van der Waals surface area contributed by atoms with Gasteiger partial charge in [0.15, 0.2) is 0 Å². The largest absolute Gasteiger partial charge is 0.235 e. The fraction of sp³-hybridized carbons (Fsp3) is 0.0189. The molecule has 0 amide bonds. The summed E-state index contributed by atoms with van der Waals surface area (Å²) in [5, 5.41) is 0.847. The average molecular weight is 745 g/mol. The number of rotatable bonds is 4. The second-order valence-electron chi connectivity index (χ2n) is 13.7. The van der Waals surface area contributed by atoms with Gasteiger partial charge < -0.3 is 0 Å². The normalized spacial score (nSPS) is 17.1. The van der Waals surface area contributed by atoms with Crippen LogP contribution in [0.15, 0.2) is 194 Å². The first kappa shape index (κ1) is 19.6. The molecule has 0 fully saturated rings. The molecule has 8 aromatic carbocycles. The quantitative estimate of drug-likeness (QED) is 0.179. The lowest BCUT2D eigenvalue weighted by atomic mass is 9.70. The molecule has 2 heterocycles. The number of thiophene rings is 1. The van der Waals surface area contributed by atoms with E-state index in [4.69, 9.17) is 22.3 Å². The van der Waals surface area contributed by atoms with Crippen LogP contribution in [0, 0.1) is 0 Å². The van der Waals surface area contributed by atoms with Crippen molar-refractivity contribution in [3.63, 3.8) is 0 Å². The summed E-state index contributed by atoms with van der Waals surface area (Å²) in [6.45, 7) is 0. The highest BCUT2D eigenvalue weighted by Crippen LogP contribution is 2.63. The topological polar surface area (TPSA) is 25.8 Å². The van der Waals surface area contributed by atoms with E-state index in [-0.39, 0.29) is 55.6 Å². The van der Waals surface area contributed by atoms with Crippen molar-refractivity contribution >= 4 is 31.6 Å². The summed E-state index contributed by atoms with van der Waals surface area (Å²) < 4.78 is 149. The lowest BCUT2D eigenvalue weighted by Gasteiger charge is -2.30. The molecule has 260 valence electrons. The van der Waals surface area contributed by atoms with E-state index in [1.807, 2.05) is 66.7 Å². The number of hydrogen-bond donors (Lipinski definition) is 0. The summed E-state index contributed by atoms with van der Waals surface area (Å²) in [5.41, 5.74) is 0.378. The number of benzene rings is 8.